The summed E-state index contributed by atoms with van der Waals surface area (Å²) in [4.78, 5) is 2.47. The van der Waals surface area contributed by atoms with Gasteiger partial charge in [-0.1, -0.05) is 19.1 Å². The number of rotatable bonds is 3. The van der Waals surface area contributed by atoms with Crippen molar-refractivity contribution >= 4 is 5.69 Å². The van der Waals surface area contributed by atoms with Crippen molar-refractivity contribution in [3.05, 3.63) is 29.8 Å². The molecule has 1 atom stereocenters. The Bertz CT molecular complexity index is 369. The van der Waals surface area contributed by atoms with Crippen LogP contribution in [0.4, 0.5) is 5.69 Å². The Morgan fingerprint density at radius 3 is 2.41 bits per heavy atom. The normalized spacial score (nSPS) is 20.6. The summed E-state index contributed by atoms with van der Waals surface area (Å²) in [7, 11) is 0. The molecule has 0 aliphatic carbocycles. The fourth-order valence-corrected chi connectivity index (χ4v) is 2.70. The molecule has 1 N–H and O–H groups in total. The van der Waals surface area contributed by atoms with Crippen LogP contribution in [-0.2, 0) is 0 Å². The van der Waals surface area contributed by atoms with Gasteiger partial charge >= 0.3 is 0 Å². The van der Waals surface area contributed by atoms with Gasteiger partial charge in [-0.15, -0.1) is 0 Å². The van der Waals surface area contributed by atoms with Crippen molar-refractivity contribution < 1.29 is 5.11 Å². The third-order valence-corrected chi connectivity index (χ3v) is 3.88. The minimum absolute atomic E-state index is 0.269. The van der Waals surface area contributed by atoms with E-state index < -0.39 is 0 Å². The minimum Gasteiger partial charge on any atom is -0.388 e. The summed E-state index contributed by atoms with van der Waals surface area (Å²) >= 11 is 0. The summed E-state index contributed by atoms with van der Waals surface area (Å²) in [6.45, 7) is 7.74. The summed E-state index contributed by atoms with van der Waals surface area (Å²) in [5.74, 6) is 0. The molecule has 1 aliphatic rings. The van der Waals surface area contributed by atoms with Crippen molar-refractivity contribution in [3.8, 4) is 0 Å². The molecule has 0 bridgehead atoms. The largest absolute Gasteiger partial charge is 0.388 e. The zero-order valence-corrected chi connectivity index (χ0v) is 11.1. The van der Waals surface area contributed by atoms with Gasteiger partial charge in [0, 0.05) is 17.8 Å². The standard InChI is InChI=1S/C15H23NO/c1-4-14(17)12-6-8-13(9-7-12)16-11-5-10-15(16,2)3/h6-9,14,17H,4-5,10-11H2,1-3H3/t14-/m0/s1. The van der Waals surface area contributed by atoms with Crippen LogP contribution in [0.3, 0.4) is 0 Å². The molecule has 1 saturated heterocycles. The minimum atomic E-state index is -0.323. The highest BCUT2D eigenvalue weighted by Gasteiger charge is 2.31. The third-order valence-electron chi connectivity index (χ3n) is 3.88. The number of hydrogen-bond donors (Lipinski definition) is 1. The van der Waals surface area contributed by atoms with Crippen LogP contribution >= 0.6 is 0 Å². The lowest BCUT2D eigenvalue weighted by atomic mass is 10.0. The number of benzene rings is 1. The lowest BCUT2D eigenvalue weighted by Gasteiger charge is -2.34. The van der Waals surface area contributed by atoms with E-state index in [9.17, 15) is 5.11 Å². The van der Waals surface area contributed by atoms with Crippen LogP contribution in [0, 0.1) is 0 Å². The molecule has 2 rings (SSSR count). The van der Waals surface area contributed by atoms with Crippen molar-refractivity contribution in [2.45, 2.75) is 51.7 Å². The van der Waals surface area contributed by atoms with E-state index in [-0.39, 0.29) is 11.6 Å². The third kappa shape index (κ3) is 2.47. The van der Waals surface area contributed by atoms with E-state index in [1.54, 1.807) is 0 Å². The second-order valence-electron chi connectivity index (χ2n) is 5.58. The van der Waals surface area contributed by atoms with Gasteiger partial charge in [-0.3, -0.25) is 0 Å². The summed E-state index contributed by atoms with van der Waals surface area (Å²) in [6.07, 6.45) is 2.98. The van der Waals surface area contributed by atoms with Crippen molar-refractivity contribution in [3.63, 3.8) is 0 Å². The van der Waals surface area contributed by atoms with Crippen molar-refractivity contribution in [2.24, 2.45) is 0 Å². The summed E-state index contributed by atoms with van der Waals surface area (Å²) < 4.78 is 0. The molecule has 1 fully saturated rings. The molecule has 2 nitrogen and oxygen atoms in total. The number of aliphatic hydroxyl groups is 1. The van der Waals surface area contributed by atoms with E-state index in [0.717, 1.165) is 18.5 Å². The van der Waals surface area contributed by atoms with Crippen molar-refractivity contribution in [1.29, 1.82) is 0 Å². The van der Waals surface area contributed by atoms with Gasteiger partial charge in [-0.2, -0.15) is 0 Å². The molecule has 2 heteroatoms. The molecule has 1 aromatic carbocycles. The van der Waals surface area contributed by atoms with Gasteiger partial charge in [0.1, 0.15) is 0 Å². The Kier molecular flexibility index (Phi) is 3.43. The Morgan fingerprint density at radius 2 is 1.94 bits per heavy atom. The van der Waals surface area contributed by atoms with Crippen molar-refractivity contribution in [2.75, 3.05) is 11.4 Å². The molecule has 0 radical (unpaired) electrons. The maximum atomic E-state index is 9.77. The van der Waals surface area contributed by atoms with E-state index in [4.69, 9.17) is 0 Å². The smallest absolute Gasteiger partial charge is 0.0787 e. The summed E-state index contributed by atoms with van der Waals surface area (Å²) in [5, 5.41) is 9.77. The van der Waals surface area contributed by atoms with E-state index in [0.29, 0.717) is 0 Å². The van der Waals surface area contributed by atoms with Crippen LogP contribution in [0.5, 0.6) is 0 Å². The average Bonchev–Trinajstić information content (AvgIpc) is 2.68. The first kappa shape index (κ1) is 12.4. The monoisotopic (exact) mass is 233 g/mol. The molecule has 1 heterocycles. The second kappa shape index (κ2) is 4.69. The molecule has 0 unspecified atom stereocenters. The quantitative estimate of drug-likeness (QED) is 0.863. The van der Waals surface area contributed by atoms with Crippen LogP contribution in [0.25, 0.3) is 0 Å². The molecular formula is C15H23NO. The van der Waals surface area contributed by atoms with E-state index in [1.807, 2.05) is 6.92 Å². The molecule has 0 saturated carbocycles. The molecule has 0 amide bonds. The lowest BCUT2D eigenvalue weighted by molar-refractivity contribution is 0.173. The molecular weight excluding hydrogens is 210 g/mol. The van der Waals surface area contributed by atoms with Crippen molar-refractivity contribution in [1.82, 2.24) is 0 Å². The van der Waals surface area contributed by atoms with E-state index >= 15 is 0 Å². The second-order valence-corrected chi connectivity index (χ2v) is 5.58. The molecule has 0 aromatic heterocycles. The highest BCUT2D eigenvalue weighted by atomic mass is 16.3. The average molecular weight is 233 g/mol. The van der Waals surface area contributed by atoms with Gasteiger partial charge < -0.3 is 10.0 Å². The number of hydrogen-bond acceptors (Lipinski definition) is 2. The Labute approximate surface area is 104 Å². The highest BCUT2D eigenvalue weighted by molar-refractivity contribution is 5.51. The molecule has 1 aromatic rings. The zero-order chi connectivity index (χ0) is 12.5. The first-order valence-corrected chi connectivity index (χ1v) is 6.60. The zero-order valence-electron chi connectivity index (χ0n) is 11.1. The lowest BCUT2D eigenvalue weighted by Crippen LogP contribution is -2.38. The van der Waals surface area contributed by atoms with E-state index in [1.165, 1.54) is 18.5 Å². The number of anilines is 1. The van der Waals surface area contributed by atoms with Gasteiger partial charge in [-0.05, 0) is 50.8 Å². The Hall–Kier alpha value is -1.02. The maximum Gasteiger partial charge on any atom is 0.0787 e. The number of aliphatic hydroxyl groups excluding tert-OH is 1. The Balaban J connectivity index is 2.18. The van der Waals surface area contributed by atoms with Gasteiger partial charge in [0.2, 0.25) is 0 Å². The van der Waals surface area contributed by atoms with Crippen LogP contribution in [0.2, 0.25) is 0 Å². The van der Waals surface area contributed by atoms with Crippen LogP contribution in [0.15, 0.2) is 24.3 Å². The predicted octanol–water partition coefficient (Wildman–Crippen LogP) is 3.51. The molecule has 0 spiro atoms. The first-order chi connectivity index (χ1) is 8.04. The summed E-state index contributed by atoms with van der Waals surface area (Å²) in [5.41, 5.74) is 2.57. The van der Waals surface area contributed by atoms with Crippen LogP contribution in [0.1, 0.15) is 51.7 Å². The summed E-state index contributed by atoms with van der Waals surface area (Å²) in [6, 6.07) is 8.39. The fraction of sp³-hybridized carbons (Fsp3) is 0.600. The van der Waals surface area contributed by atoms with Gasteiger partial charge in [0.15, 0.2) is 0 Å². The van der Waals surface area contributed by atoms with Gasteiger partial charge in [-0.25, -0.2) is 0 Å². The predicted molar refractivity (Wildman–Crippen MR) is 72.4 cm³/mol. The first-order valence-electron chi connectivity index (χ1n) is 6.60. The fourth-order valence-electron chi connectivity index (χ4n) is 2.70. The maximum absolute atomic E-state index is 9.77. The van der Waals surface area contributed by atoms with Crippen LogP contribution < -0.4 is 4.90 Å². The Morgan fingerprint density at radius 1 is 1.29 bits per heavy atom. The van der Waals surface area contributed by atoms with Gasteiger partial charge in [0.05, 0.1) is 6.10 Å². The highest BCUT2D eigenvalue weighted by Crippen LogP contribution is 2.34. The molecule has 94 valence electrons. The van der Waals surface area contributed by atoms with E-state index in [2.05, 4.69) is 43.0 Å². The SMILES string of the molecule is CC[C@H](O)c1ccc(N2CCCC2(C)C)cc1. The molecule has 17 heavy (non-hydrogen) atoms. The molecule has 1 aliphatic heterocycles. The van der Waals surface area contributed by atoms with Gasteiger partial charge in [0.25, 0.3) is 0 Å². The topological polar surface area (TPSA) is 23.5 Å². The number of nitrogens with zero attached hydrogens (tertiary/aromatic N) is 1. The van der Waals surface area contributed by atoms with Crippen LogP contribution in [-0.4, -0.2) is 17.2 Å².